The van der Waals surface area contributed by atoms with Crippen molar-refractivity contribution in [2.45, 2.75) is 46.5 Å². The molecule has 90 valence electrons. The highest BCUT2D eigenvalue weighted by Gasteiger charge is 2.42. The van der Waals surface area contributed by atoms with Crippen LogP contribution in [0.3, 0.4) is 0 Å². The van der Waals surface area contributed by atoms with Gasteiger partial charge in [-0.15, -0.1) is 0 Å². The summed E-state index contributed by atoms with van der Waals surface area (Å²) in [6.45, 7) is 6.82. The lowest BCUT2D eigenvalue weighted by Crippen LogP contribution is -2.37. The van der Waals surface area contributed by atoms with Gasteiger partial charge in [-0.2, -0.15) is 8.78 Å². The van der Waals surface area contributed by atoms with Crippen molar-refractivity contribution in [3.8, 4) is 0 Å². The molecule has 0 spiro atoms. The van der Waals surface area contributed by atoms with Crippen LogP contribution >= 0.6 is 0 Å². The normalized spacial score (nSPS) is 39.1. The summed E-state index contributed by atoms with van der Waals surface area (Å²) in [7, 11) is 0. The van der Waals surface area contributed by atoms with Gasteiger partial charge in [0.05, 0.1) is 0 Å². The van der Waals surface area contributed by atoms with E-state index in [2.05, 4.69) is 20.8 Å². The minimum atomic E-state index is -1.49. The van der Waals surface area contributed by atoms with Crippen molar-refractivity contribution in [3.05, 3.63) is 23.3 Å². The molecule has 0 aliphatic heterocycles. The average molecular weight is 226 g/mol. The molecule has 0 heterocycles. The van der Waals surface area contributed by atoms with Crippen LogP contribution in [-0.2, 0) is 0 Å². The van der Waals surface area contributed by atoms with Crippen LogP contribution in [0.25, 0.3) is 0 Å². The van der Waals surface area contributed by atoms with Crippen LogP contribution in [0.1, 0.15) is 46.5 Å². The number of rotatable bonds is 0. The summed E-state index contributed by atoms with van der Waals surface area (Å²) >= 11 is 0. The molecule has 0 saturated heterocycles. The van der Waals surface area contributed by atoms with E-state index in [0.717, 1.165) is 19.3 Å². The van der Waals surface area contributed by atoms with Crippen molar-refractivity contribution in [1.29, 1.82) is 0 Å². The predicted octanol–water partition coefficient (Wildman–Crippen LogP) is 4.93. The SMILES string of the molecule is CC1CCC2=CC(=C(F)F)CC[C@]2(C)C1C. The molecule has 2 aliphatic carbocycles. The molecule has 1 saturated carbocycles. The quantitative estimate of drug-likeness (QED) is 0.549. The average Bonchev–Trinajstić information content (AvgIpc) is 2.24. The maximum atomic E-state index is 12.6. The van der Waals surface area contributed by atoms with E-state index in [1.54, 1.807) is 6.08 Å². The molecule has 0 N–H and O–H groups in total. The summed E-state index contributed by atoms with van der Waals surface area (Å²) in [6, 6.07) is 0. The molecule has 2 aliphatic rings. The lowest BCUT2D eigenvalue weighted by Gasteiger charge is -2.48. The number of allylic oxidation sites excluding steroid dienone is 3. The molecule has 0 nitrogen and oxygen atoms in total. The molecule has 0 radical (unpaired) electrons. The second-order valence-corrected chi connectivity index (χ2v) is 5.68. The van der Waals surface area contributed by atoms with Gasteiger partial charge in [-0.3, -0.25) is 0 Å². The molecule has 0 bridgehead atoms. The van der Waals surface area contributed by atoms with Crippen LogP contribution in [0.5, 0.6) is 0 Å². The predicted molar refractivity (Wildman–Crippen MR) is 62.2 cm³/mol. The lowest BCUT2D eigenvalue weighted by molar-refractivity contribution is 0.124. The smallest absolute Gasteiger partial charge is 0.173 e. The van der Waals surface area contributed by atoms with E-state index in [1.165, 1.54) is 5.57 Å². The number of hydrogen-bond donors (Lipinski definition) is 0. The first-order valence-electron chi connectivity index (χ1n) is 6.20. The summed E-state index contributed by atoms with van der Waals surface area (Å²) in [5, 5.41) is 0. The van der Waals surface area contributed by atoms with Gasteiger partial charge in [0.15, 0.2) is 0 Å². The van der Waals surface area contributed by atoms with Gasteiger partial charge in [-0.1, -0.05) is 32.4 Å². The maximum Gasteiger partial charge on any atom is 0.273 e. The topological polar surface area (TPSA) is 0 Å². The van der Waals surface area contributed by atoms with Crippen molar-refractivity contribution in [2.24, 2.45) is 17.3 Å². The molecule has 0 aromatic heterocycles. The van der Waals surface area contributed by atoms with Gasteiger partial charge in [0.2, 0.25) is 0 Å². The van der Waals surface area contributed by atoms with E-state index < -0.39 is 6.08 Å². The Balaban J connectivity index is 2.37. The van der Waals surface area contributed by atoms with Crippen molar-refractivity contribution >= 4 is 0 Å². The first kappa shape index (κ1) is 11.8. The molecule has 2 rings (SSSR count). The fraction of sp³-hybridized carbons (Fsp3) is 0.714. The first-order valence-corrected chi connectivity index (χ1v) is 6.20. The minimum absolute atomic E-state index is 0.163. The van der Waals surface area contributed by atoms with Gasteiger partial charge in [0.1, 0.15) is 0 Å². The van der Waals surface area contributed by atoms with Crippen LogP contribution in [0.2, 0.25) is 0 Å². The van der Waals surface area contributed by atoms with Gasteiger partial charge in [0.25, 0.3) is 6.08 Å². The first-order chi connectivity index (χ1) is 7.45. The molecule has 2 heteroatoms. The molecular weight excluding hydrogens is 206 g/mol. The number of halogens is 2. The van der Waals surface area contributed by atoms with Gasteiger partial charge in [-0.05, 0) is 42.9 Å². The highest BCUT2D eigenvalue weighted by atomic mass is 19.3. The minimum Gasteiger partial charge on any atom is -0.173 e. The summed E-state index contributed by atoms with van der Waals surface area (Å²) in [5.41, 5.74) is 1.69. The Morgan fingerprint density at radius 3 is 2.62 bits per heavy atom. The van der Waals surface area contributed by atoms with Gasteiger partial charge in [0, 0.05) is 5.57 Å². The Morgan fingerprint density at radius 1 is 1.31 bits per heavy atom. The van der Waals surface area contributed by atoms with E-state index >= 15 is 0 Å². The van der Waals surface area contributed by atoms with Crippen LogP contribution in [0.15, 0.2) is 23.3 Å². The Labute approximate surface area is 96.4 Å². The second-order valence-electron chi connectivity index (χ2n) is 5.68. The Bertz CT molecular complexity index is 350. The largest absolute Gasteiger partial charge is 0.273 e. The third-order valence-corrected chi connectivity index (χ3v) is 4.97. The third-order valence-electron chi connectivity index (χ3n) is 4.97. The lowest BCUT2D eigenvalue weighted by atomic mass is 9.57. The number of fused-ring (bicyclic) bond motifs is 1. The van der Waals surface area contributed by atoms with Gasteiger partial charge < -0.3 is 0 Å². The van der Waals surface area contributed by atoms with Crippen molar-refractivity contribution in [1.82, 2.24) is 0 Å². The zero-order valence-corrected chi connectivity index (χ0v) is 10.3. The Kier molecular flexibility index (Phi) is 2.93. The molecule has 2 unspecified atom stereocenters. The Hall–Kier alpha value is -0.660. The summed E-state index contributed by atoms with van der Waals surface area (Å²) < 4.78 is 25.2. The van der Waals surface area contributed by atoms with Crippen LogP contribution in [-0.4, -0.2) is 0 Å². The highest BCUT2D eigenvalue weighted by Crippen LogP contribution is 2.53. The third kappa shape index (κ3) is 1.72. The van der Waals surface area contributed by atoms with Crippen LogP contribution in [0.4, 0.5) is 8.78 Å². The molecule has 1 fully saturated rings. The van der Waals surface area contributed by atoms with Crippen LogP contribution in [0, 0.1) is 17.3 Å². The molecule has 3 atom stereocenters. The van der Waals surface area contributed by atoms with E-state index in [0.29, 0.717) is 18.3 Å². The van der Waals surface area contributed by atoms with Gasteiger partial charge >= 0.3 is 0 Å². The van der Waals surface area contributed by atoms with Crippen molar-refractivity contribution < 1.29 is 8.78 Å². The molecule has 0 aromatic carbocycles. The Morgan fingerprint density at radius 2 is 2.00 bits per heavy atom. The summed E-state index contributed by atoms with van der Waals surface area (Å²) in [6.07, 6.45) is 3.86. The summed E-state index contributed by atoms with van der Waals surface area (Å²) in [5.74, 6) is 1.32. The fourth-order valence-corrected chi connectivity index (χ4v) is 3.29. The second kappa shape index (κ2) is 3.97. The monoisotopic (exact) mass is 226 g/mol. The maximum absolute atomic E-state index is 12.6. The van der Waals surface area contributed by atoms with Crippen LogP contribution < -0.4 is 0 Å². The number of hydrogen-bond acceptors (Lipinski definition) is 0. The zero-order chi connectivity index (χ0) is 11.9. The van der Waals surface area contributed by atoms with E-state index in [9.17, 15) is 8.78 Å². The zero-order valence-electron chi connectivity index (χ0n) is 10.3. The van der Waals surface area contributed by atoms with Gasteiger partial charge in [-0.25, -0.2) is 0 Å². The summed E-state index contributed by atoms with van der Waals surface area (Å²) in [4.78, 5) is 0. The molecule has 16 heavy (non-hydrogen) atoms. The van der Waals surface area contributed by atoms with Crippen molar-refractivity contribution in [3.63, 3.8) is 0 Å². The fourth-order valence-electron chi connectivity index (χ4n) is 3.29. The van der Waals surface area contributed by atoms with E-state index in [4.69, 9.17) is 0 Å². The van der Waals surface area contributed by atoms with E-state index in [1.807, 2.05) is 0 Å². The van der Waals surface area contributed by atoms with E-state index in [-0.39, 0.29) is 11.0 Å². The highest BCUT2D eigenvalue weighted by molar-refractivity contribution is 5.34. The molecular formula is C14H20F2. The standard InChI is InChI=1S/C14H20F2/c1-9-4-5-12-8-11(13(15)16)6-7-14(12,3)10(9)2/h8-10H,4-7H2,1-3H3/t9?,10?,14-/m1/s1. The molecule has 0 amide bonds. The van der Waals surface area contributed by atoms with Crippen molar-refractivity contribution in [2.75, 3.05) is 0 Å². The molecule has 0 aromatic rings.